The van der Waals surface area contributed by atoms with Gasteiger partial charge in [-0.1, -0.05) is 62.9 Å². The monoisotopic (exact) mass is 757 g/mol. The van der Waals surface area contributed by atoms with Gasteiger partial charge >= 0.3 is 6.03 Å². The second-order valence-corrected chi connectivity index (χ2v) is 13.8. The van der Waals surface area contributed by atoms with E-state index in [0.717, 1.165) is 46.0 Å². The summed E-state index contributed by atoms with van der Waals surface area (Å²) in [5.74, 6) is -0.606. The second-order valence-electron chi connectivity index (χ2n) is 13.8. The number of halogens is 1. The van der Waals surface area contributed by atoms with E-state index in [2.05, 4.69) is 46.8 Å². The third kappa shape index (κ3) is 8.08. The van der Waals surface area contributed by atoms with Gasteiger partial charge in [-0.05, 0) is 59.9 Å². The SMILES string of the molecule is C=C(F)C(=O)Nc1ccc2c(-c3ccccc3CNc3nc(NCC4CCN(C(=O)Nc5ccccc5[N+](=O)[O-])CC4)nc4c(C(C)C)cnn34)nccc2c1. The molecule has 0 aliphatic carbocycles. The van der Waals surface area contributed by atoms with Gasteiger partial charge in [-0.25, -0.2) is 9.18 Å². The van der Waals surface area contributed by atoms with Gasteiger partial charge in [0.1, 0.15) is 5.69 Å². The number of para-hydroxylation sites is 2. The molecule has 56 heavy (non-hydrogen) atoms. The van der Waals surface area contributed by atoms with Crippen LogP contribution >= 0.6 is 0 Å². The topological polar surface area (TPSA) is 185 Å². The van der Waals surface area contributed by atoms with Crippen LogP contribution in [0.25, 0.3) is 27.7 Å². The van der Waals surface area contributed by atoms with E-state index in [1.807, 2.05) is 42.6 Å². The number of hydrogen-bond donors (Lipinski definition) is 4. The van der Waals surface area contributed by atoms with Gasteiger partial charge in [-0.2, -0.15) is 19.6 Å². The molecule has 1 fully saturated rings. The molecule has 15 nitrogen and oxygen atoms in total. The van der Waals surface area contributed by atoms with Gasteiger partial charge in [0.15, 0.2) is 11.5 Å². The Labute approximate surface area is 321 Å². The number of fused-ring (bicyclic) bond motifs is 2. The van der Waals surface area contributed by atoms with E-state index in [9.17, 15) is 24.1 Å². The minimum atomic E-state index is -1.07. The van der Waals surface area contributed by atoms with E-state index in [1.54, 1.807) is 39.9 Å². The molecule has 3 aromatic carbocycles. The van der Waals surface area contributed by atoms with Gasteiger partial charge in [0.05, 0.1) is 16.8 Å². The number of hydrogen-bond acceptors (Lipinski definition) is 10. The average Bonchev–Trinajstić information content (AvgIpc) is 3.64. The first-order chi connectivity index (χ1) is 27.0. The van der Waals surface area contributed by atoms with Crippen LogP contribution in [-0.4, -0.2) is 66.0 Å². The number of aromatic nitrogens is 5. The molecule has 0 bridgehead atoms. The van der Waals surface area contributed by atoms with Crippen LogP contribution < -0.4 is 21.3 Å². The molecule has 0 saturated carbocycles. The van der Waals surface area contributed by atoms with Crippen LogP contribution in [0.3, 0.4) is 0 Å². The van der Waals surface area contributed by atoms with Crippen molar-refractivity contribution in [2.45, 2.75) is 39.2 Å². The van der Waals surface area contributed by atoms with Crippen molar-refractivity contribution in [1.82, 2.24) is 29.5 Å². The quantitative estimate of drug-likeness (QED) is 0.0546. The third-order valence-corrected chi connectivity index (χ3v) is 9.79. The van der Waals surface area contributed by atoms with Crippen molar-refractivity contribution in [2.75, 3.05) is 40.9 Å². The summed E-state index contributed by atoms with van der Waals surface area (Å²) in [6.45, 7) is 9.21. The molecule has 6 aromatic rings. The Morgan fingerprint density at radius 2 is 1.77 bits per heavy atom. The van der Waals surface area contributed by atoms with Crippen molar-refractivity contribution in [2.24, 2.45) is 5.92 Å². The number of nitro groups is 1. The Kier molecular flexibility index (Phi) is 10.8. The molecule has 3 amide bonds. The van der Waals surface area contributed by atoms with Crippen LogP contribution in [0.5, 0.6) is 0 Å². The summed E-state index contributed by atoms with van der Waals surface area (Å²) in [7, 11) is 0. The predicted molar refractivity (Wildman–Crippen MR) is 213 cm³/mol. The molecule has 0 atom stereocenters. The minimum absolute atomic E-state index is 0.150. The summed E-state index contributed by atoms with van der Waals surface area (Å²) in [4.78, 5) is 51.8. The molecule has 3 aromatic heterocycles. The van der Waals surface area contributed by atoms with Crippen molar-refractivity contribution < 1.29 is 18.9 Å². The van der Waals surface area contributed by atoms with Gasteiger partial charge in [-0.3, -0.25) is 19.9 Å². The lowest BCUT2D eigenvalue weighted by atomic mass is 9.97. The van der Waals surface area contributed by atoms with E-state index >= 15 is 0 Å². The molecule has 0 radical (unpaired) electrons. The van der Waals surface area contributed by atoms with Crippen LogP contribution in [0, 0.1) is 16.0 Å². The van der Waals surface area contributed by atoms with E-state index in [-0.39, 0.29) is 29.2 Å². The molecule has 16 heteroatoms. The Bertz CT molecular complexity index is 2460. The van der Waals surface area contributed by atoms with Crippen LogP contribution in [0.1, 0.15) is 43.7 Å². The van der Waals surface area contributed by atoms with Gasteiger partial charge in [-0.15, -0.1) is 0 Å². The maximum atomic E-state index is 13.3. The number of benzene rings is 3. The zero-order chi connectivity index (χ0) is 39.3. The fourth-order valence-corrected chi connectivity index (χ4v) is 6.75. The number of pyridine rings is 1. The molecule has 1 aliphatic rings. The van der Waals surface area contributed by atoms with E-state index in [4.69, 9.17) is 15.0 Å². The van der Waals surface area contributed by atoms with Gasteiger partial charge < -0.3 is 26.2 Å². The number of nitro benzene ring substituents is 1. The van der Waals surface area contributed by atoms with Gasteiger partial charge in [0.25, 0.3) is 11.6 Å². The second kappa shape index (κ2) is 16.2. The fraction of sp³-hybridized carbons (Fsp3) is 0.250. The zero-order valence-electron chi connectivity index (χ0n) is 30.8. The van der Waals surface area contributed by atoms with E-state index in [1.165, 1.54) is 12.1 Å². The molecule has 0 spiro atoms. The van der Waals surface area contributed by atoms with Crippen molar-refractivity contribution in [1.29, 1.82) is 0 Å². The zero-order valence-corrected chi connectivity index (χ0v) is 30.8. The lowest BCUT2D eigenvalue weighted by molar-refractivity contribution is -0.383. The molecule has 286 valence electrons. The number of nitrogens with one attached hydrogen (secondary N) is 4. The first-order valence-corrected chi connectivity index (χ1v) is 18.2. The molecule has 0 unspecified atom stereocenters. The van der Waals surface area contributed by atoms with Crippen molar-refractivity contribution in [3.8, 4) is 11.3 Å². The van der Waals surface area contributed by atoms with Crippen LogP contribution in [0.2, 0.25) is 0 Å². The van der Waals surface area contributed by atoms with E-state index < -0.39 is 16.7 Å². The number of urea groups is 1. The summed E-state index contributed by atoms with van der Waals surface area (Å²) in [5.41, 5.74) is 4.72. The lowest BCUT2D eigenvalue weighted by Crippen LogP contribution is -2.42. The molecule has 1 saturated heterocycles. The largest absolute Gasteiger partial charge is 0.354 e. The molecule has 7 rings (SSSR count). The lowest BCUT2D eigenvalue weighted by Gasteiger charge is -2.32. The summed E-state index contributed by atoms with van der Waals surface area (Å²) in [6.07, 6.45) is 4.97. The van der Waals surface area contributed by atoms with Gasteiger partial charge in [0.2, 0.25) is 11.9 Å². The van der Waals surface area contributed by atoms with Crippen molar-refractivity contribution in [3.05, 3.63) is 119 Å². The maximum absolute atomic E-state index is 13.3. The Hall–Kier alpha value is -6.97. The van der Waals surface area contributed by atoms with Crippen LogP contribution in [0.4, 0.5) is 38.1 Å². The standard InChI is InChI=1S/C40H40FN11O4/c1-24(2)32-23-45-51-36(32)48-38(43-21-26-15-18-50(19-16-26)40(54)47-33-10-6-7-11-34(33)52(55)56)49-39(51)44-22-28-8-4-5-9-30(28)35-31-13-12-29(46-37(53)25(3)41)20-27(31)14-17-42-35/h4-14,17,20,23-24,26H,3,15-16,18-19,21-22H2,1-2H3,(H,46,53)(H,47,54)(H2,43,44,48,49). The highest BCUT2D eigenvalue weighted by Gasteiger charge is 2.25. The number of likely N-dealkylation sites (tertiary alicyclic amines) is 1. The number of anilines is 4. The summed E-state index contributed by atoms with van der Waals surface area (Å²) >= 11 is 0. The van der Waals surface area contributed by atoms with Gasteiger partial charge in [0, 0.05) is 60.6 Å². The molecule has 4 N–H and O–H groups in total. The van der Waals surface area contributed by atoms with Crippen LogP contribution in [0.15, 0.2) is 97.6 Å². The highest BCUT2D eigenvalue weighted by molar-refractivity contribution is 6.04. The van der Waals surface area contributed by atoms with Crippen molar-refractivity contribution in [3.63, 3.8) is 0 Å². The summed E-state index contributed by atoms with van der Waals surface area (Å²) < 4.78 is 15.0. The predicted octanol–water partition coefficient (Wildman–Crippen LogP) is 7.76. The number of carbonyl (C=O) groups excluding carboxylic acids is 2. The Balaban J connectivity index is 1.05. The average molecular weight is 758 g/mol. The minimum Gasteiger partial charge on any atom is -0.354 e. The molecule has 4 heterocycles. The fourth-order valence-electron chi connectivity index (χ4n) is 6.75. The molecular weight excluding hydrogens is 718 g/mol. The summed E-state index contributed by atoms with van der Waals surface area (Å²) in [6, 6.07) is 20.8. The number of amides is 3. The Morgan fingerprint density at radius 3 is 2.54 bits per heavy atom. The number of carbonyl (C=O) groups is 2. The third-order valence-electron chi connectivity index (χ3n) is 9.79. The van der Waals surface area contributed by atoms with E-state index in [0.29, 0.717) is 49.4 Å². The Morgan fingerprint density at radius 1 is 1.00 bits per heavy atom. The first kappa shape index (κ1) is 37.3. The first-order valence-electron chi connectivity index (χ1n) is 18.2. The molecule has 1 aliphatic heterocycles. The van der Waals surface area contributed by atoms with Crippen molar-refractivity contribution >= 4 is 57.3 Å². The maximum Gasteiger partial charge on any atom is 0.322 e. The summed E-state index contributed by atoms with van der Waals surface area (Å²) in [5, 5.41) is 29.8. The molecular formula is C40H40FN11O4. The van der Waals surface area contributed by atoms with Crippen LogP contribution in [-0.2, 0) is 11.3 Å². The highest BCUT2D eigenvalue weighted by atomic mass is 19.1. The number of nitrogens with zero attached hydrogens (tertiary/aromatic N) is 7. The normalized spacial score (nSPS) is 13.2. The number of rotatable bonds is 12. The number of piperidine rings is 1. The highest BCUT2D eigenvalue weighted by Crippen LogP contribution is 2.32. The smallest absolute Gasteiger partial charge is 0.322 e.